The Labute approximate surface area is 189 Å². The monoisotopic (exact) mass is 467 g/mol. The van der Waals surface area contributed by atoms with E-state index in [-0.39, 0.29) is 28.3 Å². The average Bonchev–Trinajstić information content (AvgIpc) is 2.78. The summed E-state index contributed by atoms with van der Waals surface area (Å²) in [7, 11) is 1.75. The molecule has 30 heavy (non-hydrogen) atoms. The number of carbonyl (C=O) groups is 1. The summed E-state index contributed by atoms with van der Waals surface area (Å²) in [5.74, 6) is 1.69. The minimum atomic E-state index is 0. The molecular formula is C26H30BrNO2. The van der Waals surface area contributed by atoms with Crippen molar-refractivity contribution in [2.45, 2.75) is 50.0 Å². The van der Waals surface area contributed by atoms with Crippen molar-refractivity contribution in [2.24, 2.45) is 5.92 Å². The van der Waals surface area contributed by atoms with Gasteiger partial charge >= 0.3 is 0 Å². The summed E-state index contributed by atoms with van der Waals surface area (Å²) in [4.78, 5) is 15.3. The molecule has 1 heterocycles. The second kappa shape index (κ2) is 8.58. The van der Waals surface area contributed by atoms with Gasteiger partial charge in [-0.1, -0.05) is 49.2 Å². The molecule has 2 bridgehead atoms. The number of amides is 1. The highest BCUT2D eigenvalue weighted by atomic mass is 79.9. The number of ether oxygens (including phenoxy) is 1. The number of carbonyl (C=O) groups excluding carboxylic acids is 1. The Bertz CT molecular complexity index is 941. The van der Waals surface area contributed by atoms with E-state index < -0.39 is 0 Å². The molecule has 1 saturated heterocycles. The van der Waals surface area contributed by atoms with Gasteiger partial charge in [-0.2, -0.15) is 0 Å². The number of halogens is 1. The van der Waals surface area contributed by atoms with E-state index in [1.165, 1.54) is 36.8 Å². The van der Waals surface area contributed by atoms with Crippen LogP contribution in [-0.4, -0.2) is 30.5 Å². The second-order valence-electron chi connectivity index (χ2n) is 8.83. The van der Waals surface area contributed by atoms with Crippen molar-refractivity contribution in [1.29, 1.82) is 0 Å². The van der Waals surface area contributed by atoms with Gasteiger partial charge in [-0.05, 0) is 66.5 Å². The smallest absolute Gasteiger partial charge is 0.246 e. The molecule has 5 rings (SSSR count). The zero-order valence-electron chi connectivity index (χ0n) is 17.5. The molecule has 3 atom stereocenters. The summed E-state index contributed by atoms with van der Waals surface area (Å²) in [6.45, 7) is 0.857. The maximum absolute atomic E-state index is 13.2. The molecule has 2 aromatic rings. The molecule has 0 N–H and O–H groups in total. The van der Waals surface area contributed by atoms with Crippen LogP contribution in [-0.2, 0) is 16.6 Å². The quantitative estimate of drug-likeness (QED) is 0.551. The molecule has 1 aliphatic heterocycles. The molecule has 1 saturated carbocycles. The standard InChI is InChI=1S/C26H29NO2.BrH/c1-29-21-12-11-20-17-24-22-9-5-6-14-26(22,23(20)18-21)15-16-27(24)25(28)13-10-19-7-3-2-4-8-19;/h2-4,7-8,10-13,18,22,24H,5-6,9,14-17H2,1H3;1H/b13-10+;/t22-,24-,26+;/m0./s1. The molecule has 2 aliphatic carbocycles. The number of methoxy groups -OCH3 is 1. The van der Waals surface area contributed by atoms with E-state index in [9.17, 15) is 4.79 Å². The molecule has 158 valence electrons. The van der Waals surface area contributed by atoms with Gasteiger partial charge in [0.1, 0.15) is 5.75 Å². The zero-order valence-corrected chi connectivity index (χ0v) is 19.3. The van der Waals surface area contributed by atoms with Crippen molar-refractivity contribution in [3.8, 4) is 5.75 Å². The summed E-state index contributed by atoms with van der Waals surface area (Å²) in [5, 5.41) is 0. The molecule has 0 radical (unpaired) electrons. The number of hydrogen-bond donors (Lipinski definition) is 0. The topological polar surface area (TPSA) is 29.5 Å². The number of nitrogens with zero attached hydrogens (tertiary/aromatic N) is 1. The summed E-state index contributed by atoms with van der Waals surface area (Å²) in [6.07, 6.45) is 10.8. The van der Waals surface area contributed by atoms with Crippen LogP contribution in [0.25, 0.3) is 6.08 Å². The van der Waals surface area contributed by atoms with E-state index >= 15 is 0 Å². The number of hydrogen-bond acceptors (Lipinski definition) is 2. The number of fused-ring (bicyclic) bond motifs is 1. The first-order chi connectivity index (χ1) is 14.2. The maximum atomic E-state index is 13.2. The number of piperidine rings is 1. The number of likely N-dealkylation sites (tertiary alicyclic amines) is 1. The van der Waals surface area contributed by atoms with Crippen LogP contribution in [0.5, 0.6) is 5.75 Å². The van der Waals surface area contributed by atoms with Crippen LogP contribution in [0.2, 0.25) is 0 Å². The van der Waals surface area contributed by atoms with Gasteiger partial charge in [0.05, 0.1) is 7.11 Å². The van der Waals surface area contributed by atoms with Gasteiger partial charge in [-0.25, -0.2) is 0 Å². The van der Waals surface area contributed by atoms with Gasteiger partial charge in [0.2, 0.25) is 5.91 Å². The minimum absolute atomic E-state index is 0. The lowest BCUT2D eigenvalue weighted by Crippen LogP contribution is -2.61. The van der Waals surface area contributed by atoms with Crippen LogP contribution in [0.3, 0.4) is 0 Å². The second-order valence-corrected chi connectivity index (χ2v) is 8.83. The molecule has 2 aromatic carbocycles. The van der Waals surface area contributed by atoms with Gasteiger partial charge in [0, 0.05) is 24.1 Å². The highest BCUT2D eigenvalue weighted by Crippen LogP contribution is 2.56. The van der Waals surface area contributed by atoms with Crippen LogP contribution >= 0.6 is 17.0 Å². The number of benzene rings is 2. The van der Waals surface area contributed by atoms with Crippen LogP contribution in [0.15, 0.2) is 54.6 Å². The molecule has 1 amide bonds. The Balaban J connectivity index is 0.00000218. The lowest BCUT2D eigenvalue weighted by Gasteiger charge is -2.59. The summed E-state index contributed by atoms with van der Waals surface area (Å²) in [5.41, 5.74) is 4.22. The Morgan fingerprint density at radius 2 is 1.97 bits per heavy atom. The Hall–Kier alpha value is -2.07. The van der Waals surface area contributed by atoms with Gasteiger partial charge in [-0.3, -0.25) is 4.79 Å². The van der Waals surface area contributed by atoms with Gasteiger partial charge < -0.3 is 9.64 Å². The third-order valence-electron chi connectivity index (χ3n) is 7.54. The first-order valence-corrected chi connectivity index (χ1v) is 10.9. The normalized spacial score (nSPS) is 27.0. The van der Waals surface area contributed by atoms with E-state index in [1.807, 2.05) is 36.4 Å². The fraction of sp³-hybridized carbons (Fsp3) is 0.423. The summed E-state index contributed by atoms with van der Waals surface area (Å²) < 4.78 is 5.55. The molecule has 0 unspecified atom stereocenters. The largest absolute Gasteiger partial charge is 0.497 e. The molecule has 4 heteroatoms. The molecule has 3 aliphatic rings. The lowest BCUT2D eigenvalue weighted by atomic mass is 9.52. The van der Waals surface area contributed by atoms with Crippen molar-refractivity contribution in [3.05, 3.63) is 71.3 Å². The third-order valence-corrected chi connectivity index (χ3v) is 7.54. The first-order valence-electron chi connectivity index (χ1n) is 10.9. The minimum Gasteiger partial charge on any atom is -0.497 e. The molecule has 2 fully saturated rings. The summed E-state index contributed by atoms with van der Waals surface area (Å²) >= 11 is 0. The van der Waals surface area contributed by atoms with E-state index in [2.05, 4.69) is 23.1 Å². The van der Waals surface area contributed by atoms with Crippen molar-refractivity contribution >= 4 is 29.0 Å². The van der Waals surface area contributed by atoms with Crippen LogP contribution in [0.1, 0.15) is 48.8 Å². The molecular weight excluding hydrogens is 438 g/mol. The van der Waals surface area contributed by atoms with Gasteiger partial charge in [0.15, 0.2) is 0 Å². The lowest BCUT2D eigenvalue weighted by molar-refractivity contribution is -0.135. The van der Waals surface area contributed by atoms with Crippen LogP contribution in [0.4, 0.5) is 0 Å². The van der Waals surface area contributed by atoms with E-state index in [0.29, 0.717) is 12.0 Å². The fourth-order valence-corrected chi connectivity index (χ4v) is 6.21. The van der Waals surface area contributed by atoms with E-state index in [1.54, 1.807) is 13.2 Å². The van der Waals surface area contributed by atoms with Crippen molar-refractivity contribution in [1.82, 2.24) is 4.90 Å². The predicted molar refractivity (Wildman–Crippen MR) is 126 cm³/mol. The number of rotatable bonds is 3. The van der Waals surface area contributed by atoms with Crippen LogP contribution in [0, 0.1) is 5.92 Å². The molecule has 0 spiro atoms. The predicted octanol–water partition coefficient (Wildman–Crippen LogP) is 5.57. The third kappa shape index (κ3) is 3.49. The zero-order chi connectivity index (χ0) is 19.8. The highest BCUT2D eigenvalue weighted by Gasteiger charge is 2.54. The van der Waals surface area contributed by atoms with Crippen molar-refractivity contribution in [2.75, 3.05) is 13.7 Å². The SMILES string of the molecule is Br.COc1ccc2c(c1)[C@@]13CCCC[C@H]1[C@H](C2)N(C(=O)/C=C/c1ccccc1)CC3. The van der Waals surface area contributed by atoms with Crippen molar-refractivity contribution in [3.63, 3.8) is 0 Å². The Morgan fingerprint density at radius 3 is 2.77 bits per heavy atom. The van der Waals surface area contributed by atoms with E-state index in [4.69, 9.17) is 4.74 Å². The Kier molecular flexibility index (Phi) is 6.06. The van der Waals surface area contributed by atoms with E-state index in [0.717, 1.165) is 30.7 Å². The fourth-order valence-electron chi connectivity index (χ4n) is 6.21. The highest BCUT2D eigenvalue weighted by molar-refractivity contribution is 8.93. The van der Waals surface area contributed by atoms with Gasteiger partial charge in [-0.15, -0.1) is 17.0 Å². The van der Waals surface area contributed by atoms with Crippen LogP contribution < -0.4 is 4.74 Å². The van der Waals surface area contributed by atoms with Gasteiger partial charge in [0.25, 0.3) is 0 Å². The summed E-state index contributed by atoms with van der Waals surface area (Å²) in [6, 6.07) is 17.0. The first kappa shape index (κ1) is 21.2. The maximum Gasteiger partial charge on any atom is 0.246 e. The Morgan fingerprint density at radius 1 is 1.13 bits per heavy atom. The molecule has 3 nitrogen and oxygen atoms in total. The molecule has 0 aromatic heterocycles. The average molecular weight is 468 g/mol. The van der Waals surface area contributed by atoms with Crippen molar-refractivity contribution < 1.29 is 9.53 Å².